The van der Waals surface area contributed by atoms with Crippen molar-refractivity contribution in [3.63, 3.8) is 0 Å². The van der Waals surface area contributed by atoms with Gasteiger partial charge in [-0.3, -0.25) is 14.9 Å². The van der Waals surface area contributed by atoms with Crippen molar-refractivity contribution in [2.75, 3.05) is 11.9 Å². The summed E-state index contributed by atoms with van der Waals surface area (Å²) < 4.78 is 10.7. The SMILES string of the molecule is CCCOc1ccc2cc(C(=O)Nc3ccccc3[N+](=O)[O-])c(=O)oc2c1. The highest BCUT2D eigenvalue weighted by atomic mass is 16.6. The van der Waals surface area contributed by atoms with Crippen LogP contribution < -0.4 is 15.7 Å². The maximum atomic E-state index is 12.4. The number of anilines is 1. The standard InChI is InChI=1S/C19H16N2O6/c1-2-9-26-13-8-7-12-10-14(19(23)27-17(12)11-13)18(22)20-15-5-3-4-6-16(15)21(24)25/h3-8,10-11H,2,9H2,1H3,(H,20,22). The Bertz CT molecular complexity index is 1070. The molecule has 27 heavy (non-hydrogen) atoms. The Morgan fingerprint density at radius 1 is 1.22 bits per heavy atom. The number of fused-ring (bicyclic) bond motifs is 1. The van der Waals surface area contributed by atoms with Crippen LogP contribution in [0, 0.1) is 10.1 Å². The van der Waals surface area contributed by atoms with Gasteiger partial charge in [-0.25, -0.2) is 4.79 Å². The van der Waals surface area contributed by atoms with E-state index in [9.17, 15) is 19.7 Å². The van der Waals surface area contributed by atoms with Gasteiger partial charge >= 0.3 is 5.63 Å². The fourth-order valence-electron chi connectivity index (χ4n) is 2.49. The van der Waals surface area contributed by atoms with Crippen LogP contribution in [0.2, 0.25) is 0 Å². The topological polar surface area (TPSA) is 112 Å². The highest BCUT2D eigenvalue weighted by Gasteiger charge is 2.19. The molecular formula is C19H16N2O6. The van der Waals surface area contributed by atoms with Crippen molar-refractivity contribution in [1.82, 2.24) is 0 Å². The molecule has 3 aromatic rings. The second-order valence-electron chi connectivity index (χ2n) is 5.72. The van der Waals surface area contributed by atoms with E-state index < -0.39 is 16.5 Å². The second-order valence-corrected chi connectivity index (χ2v) is 5.72. The number of carbonyl (C=O) groups excluding carboxylic acids is 1. The molecule has 0 atom stereocenters. The van der Waals surface area contributed by atoms with Crippen LogP contribution in [0.4, 0.5) is 11.4 Å². The van der Waals surface area contributed by atoms with E-state index in [1.807, 2.05) is 6.92 Å². The lowest BCUT2D eigenvalue weighted by atomic mass is 10.1. The number of amides is 1. The summed E-state index contributed by atoms with van der Waals surface area (Å²) in [7, 11) is 0. The van der Waals surface area contributed by atoms with E-state index in [4.69, 9.17) is 9.15 Å². The number of nitro benzene ring substituents is 1. The smallest absolute Gasteiger partial charge is 0.349 e. The molecule has 0 saturated carbocycles. The van der Waals surface area contributed by atoms with E-state index in [1.54, 1.807) is 24.3 Å². The molecule has 0 unspecified atom stereocenters. The number of carbonyl (C=O) groups is 1. The van der Waals surface area contributed by atoms with Gasteiger partial charge in [0.2, 0.25) is 0 Å². The van der Waals surface area contributed by atoms with E-state index in [-0.39, 0.29) is 22.5 Å². The summed E-state index contributed by atoms with van der Waals surface area (Å²) in [6.07, 6.45) is 0.840. The van der Waals surface area contributed by atoms with E-state index in [2.05, 4.69) is 5.32 Å². The monoisotopic (exact) mass is 368 g/mol. The van der Waals surface area contributed by atoms with Gasteiger partial charge in [0.1, 0.15) is 22.6 Å². The van der Waals surface area contributed by atoms with Crippen molar-refractivity contribution >= 4 is 28.3 Å². The zero-order valence-electron chi connectivity index (χ0n) is 14.4. The predicted octanol–water partition coefficient (Wildman–Crippen LogP) is 3.74. The lowest BCUT2D eigenvalue weighted by molar-refractivity contribution is -0.383. The van der Waals surface area contributed by atoms with E-state index in [0.29, 0.717) is 17.7 Å². The lowest BCUT2D eigenvalue weighted by Crippen LogP contribution is -2.21. The van der Waals surface area contributed by atoms with Crippen LogP contribution in [0.25, 0.3) is 11.0 Å². The molecule has 138 valence electrons. The average molecular weight is 368 g/mol. The largest absolute Gasteiger partial charge is 0.493 e. The van der Waals surface area contributed by atoms with Crippen LogP contribution in [0.15, 0.2) is 57.7 Å². The molecule has 0 bridgehead atoms. The first-order valence-corrected chi connectivity index (χ1v) is 8.25. The van der Waals surface area contributed by atoms with Gasteiger partial charge in [0, 0.05) is 17.5 Å². The van der Waals surface area contributed by atoms with Crippen molar-refractivity contribution in [2.45, 2.75) is 13.3 Å². The molecule has 0 fully saturated rings. The molecule has 3 rings (SSSR count). The Morgan fingerprint density at radius 3 is 2.74 bits per heavy atom. The number of ether oxygens (including phenoxy) is 1. The first-order valence-electron chi connectivity index (χ1n) is 8.25. The number of hydrogen-bond donors (Lipinski definition) is 1. The number of hydrogen-bond acceptors (Lipinski definition) is 6. The van der Waals surface area contributed by atoms with E-state index in [1.165, 1.54) is 24.3 Å². The minimum Gasteiger partial charge on any atom is -0.493 e. The Hall–Kier alpha value is -3.68. The predicted molar refractivity (Wildman–Crippen MR) is 99.3 cm³/mol. The number of benzene rings is 2. The molecule has 2 aromatic carbocycles. The Kier molecular flexibility index (Phi) is 5.16. The maximum absolute atomic E-state index is 12.4. The molecule has 1 amide bonds. The van der Waals surface area contributed by atoms with Crippen molar-refractivity contribution in [3.05, 3.63) is 74.6 Å². The summed E-state index contributed by atoms with van der Waals surface area (Å²) in [6, 6.07) is 12.0. The number of rotatable bonds is 6. The Labute approximate surface area is 153 Å². The third-order valence-corrected chi connectivity index (χ3v) is 3.77. The highest BCUT2D eigenvalue weighted by Crippen LogP contribution is 2.24. The van der Waals surface area contributed by atoms with Gasteiger partial charge in [0.05, 0.1) is 11.5 Å². The summed E-state index contributed by atoms with van der Waals surface area (Å²) in [4.78, 5) is 35.1. The minimum absolute atomic E-state index is 0.00434. The number of para-hydroxylation sites is 2. The quantitative estimate of drug-likeness (QED) is 0.403. The van der Waals surface area contributed by atoms with Gasteiger partial charge in [-0.05, 0) is 30.7 Å². The second kappa shape index (κ2) is 7.69. The average Bonchev–Trinajstić information content (AvgIpc) is 2.65. The molecule has 8 nitrogen and oxygen atoms in total. The van der Waals surface area contributed by atoms with E-state index >= 15 is 0 Å². The van der Waals surface area contributed by atoms with Crippen molar-refractivity contribution in [1.29, 1.82) is 0 Å². The first-order chi connectivity index (χ1) is 13.0. The summed E-state index contributed by atoms with van der Waals surface area (Å²) in [5, 5.41) is 14.0. The molecule has 1 aromatic heterocycles. The van der Waals surface area contributed by atoms with Gasteiger partial charge in [-0.1, -0.05) is 19.1 Å². The fourth-order valence-corrected chi connectivity index (χ4v) is 2.49. The molecule has 0 aliphatic carbocycles. The summed E-state index contributed by atoms with van der Waals surface area (Å²) in [5.74, 6) is -0.226. The molecule has 1 heterocycles. The molecule has 0 aliphatic heterocycles. The van der Waals surface area contributed by atoms with Crippen LogP contribution in [0.5, 0.6) is 5.75 Å². The Balaban J connectivity index is 1.92. The first kappa shape index (κ1) is 18.1. The lowest BCUT2D eigenvalue weighted by Gasteiger charge is -2.07. The summed E-state index contributed by atoms with van der Waals surface area (Å²) in [5.41, 5.74) is -1.07. The number of nitro groups is 1. The fraction of sp³-hybridized carbons (Fsp3) is 0.158. The molecule has 1 N–H and O–H groups in total. The summed E-state index contributed by atoms with van der Waals surface area (Å²) in [6.45, 7) is 2.51. The van der Waals surface area contributed by atoms with Crippen LogP contribution >= 0.6 is 0 Å². The minimum atomic E-state index is -0.841. The van der Waals surface area contributed by atoms with E-state index in [0.717, 1.165) is 6.42 Å². The molecular weight excluding hydrogens is 352 g/mol. The summed E-state index contributed by atoms with van der Waals surface area (Å²) >= 11 is 0. The number of nitrogens with one attached hydrogen (secondary N) is 1. The normalized spacial score (nSPS) is 10.6. The molecule has 0 saturated heterocycles. The van der Waals surface area contributed by atoms with Gasteiger partial charge in [-0.15, -0.1) is 0 Å². The zero-order valence-corrected chi connectivity index (χ0v) is 14.4. The molecule has 0 aliphatic rings. The maximum Gasteiger partial charge on any atom is 0.349 e. The zero-order chi connectivity index (χ0) is 19.4. The number of nitrogens with zero attached hydrogens (tertiary/aromatic N) is 1. The van der Waals surface area contributed by atoms with Crippen LogP contribution in [-0.4, -0.2) is 17.4 Å². The van der Waals surface area contributed by atoms with Crippen molar-refractivity contribution in [3.8, 4) is 5.75 Å². The van der Waals surface area contributed by atoms with Crippen molar-refractivity contribution in [2.24, 2.45) is 0 Å². The highest BCUT2D eigenvalue weighted by molar-refractivity contribution is 6.06. The third kappa shape index (κ3) is 3.95. The molecule has 8 heteroatoms. The molecule has 0 radical (unpaired) electrons. The van der Waals surface area contributed by atoms with Crippen LogP contribution in [0.3, 0.4) is 0 Å². The van der Waals surface area contributed by atoms with Gasteiger partial charge < -0.3 is 14.5 Å². The van der Waals surface area contributed by atoms with Gasteiger partial charge in [-0.2, -0.15) is 0 Å². The Morgan fingerprint density at radius 2 is 2.00 bits per heavy atom. The third-order valence-electron chi connectivity index (χ3n) is 3.77. The molecule has 0 spiro atoms. The van der Waals surface area contributed by atoms with Crippen LogP contribution in [-0.2, 0) is 0 Å². The van der Waals surface area contributed by atoms with Gasteiger partial charge in [0.15, 0.2) is 0 Å². The van der Waals surface area contributed by atoms with Crippen molar-refractivity contribution < 1.29 is 18.9 Å². The van der Waals surface area contributed by atoms with Crippen LogP contribution in [0.1, 0.15) is 23.7 Å². The van der Waals surface area contributed by atoms with Gasteiger partial charge in [0.25, 0.3) is 11.6 Å².